The lowest BCUT2D eigenvalue weighted by molar-refractivity contribution is -0.185. The number of ether oxygens (including phenoxy) is 4. The van der Waals surface area contributed by atoms with Gasteiger partial charge in [-0.1, -0.05) is 0 Å². The Morgan fingerprint density at radius 3 is 1.25 bits per heavy atom. The Hall–Kier alpha value is -2.12. The van der Waals surface area contributed by atoms with Crippen LogP contribution in [0.2, 0.25) is 0 Å². The molecule has 0 bridgehead atoms. The molecule has 0 aromatic carbocycles. The molecule has 0 aliphatic heterocycles. The van der Waals surface area contributed by atoms with Crippen LogP contribution in [0, 0.1) is 0 Å². The third kappa shape index (κ3) is 7.30. The highest BCUT2D eigenvalue weighted by Crippen LogP contribution is 1.88. The van der Waals surface area contributed by atoms with Crippen LogP contribution in [0.15, 0.2) is 0 Å². The number of rotatable bonds is 4. The van der Waals surface area contributed by atoms with Crippen molar-refractivity contribution in [3.63, 3.8) is 0 Å². The van der Waals surface area contributed by atoms with Crippen LogP contribution in [0.1, 0.15) is 13.8 Å². The molecule has 0 saturated heterocycles. The van der Waals surface area contributed by atoms with E-state index in [0.29, 0.717) is 0 Å². The number of carbonyl (C=O) groups is 4. The largest absolute Gasteiger partial charge is 0.428 e. The summed E-state index contributed by atoms with van der Waals surface area (Å²) in [6, 6.07) is 0. The van der Waals surface area contributed by atoms with Crippen molar-refractivity contribution in [2.45, 2.75) is 13.8 Å². The Bertz CT molecular complexity index is 264. The zero-order chi connectivity index (χ0) is 12.6. The van der Waals surface area contributed by atoms with Gasteiger partial charge in [-0.05, 0) is 0 Å². The molecule has 0 heterocycles. The van der Waals surface area contributed by atoms with Gasteiger partial charge in [0.1, 0.15) is 0 Å². The highest BCUT2D eigenvalue weighted by molar-refractivity contribution is 6.29. The summed E-state index contributed by atoms with van der Waals surface area (Å²) in [5.74, 6) is -4.04. The van der Waals surface area contributed by atoms with E-state index in [-0.39, 0.29) is 0 Å². The molecule has 8 heteroatoms. The maximum Gasteiger partial charge on any atom is 0.420 e. The van der Waals surface area contributed by atoms with Gasteiger partial charge in [0.05, 0.1) is 0 Å². The smallest absolute Gasteiger partial charge is 0.420 e. The molecule has 0 rings (SSSR count). The van der Waals surface area contributed by atoms with E-state index in [0.717, 1.165) is 13.8 Å². The molecule has 16 heavy (non-hydrogen) atoms. The van der Waals surface area contributed by atoms with Crippen molar-refractivity contribution in [2.24, 2.45) is 0 Å². The normalized spacial score (nSPS) is 8.88. The summed E-state index contributed by atoms with van der Waals surface area (Å²) < 4.78 is 16.8. The Labute approximate surface area is 90.4 Å². The van der Waals surface area contributed by atoms with Gasteiger partial charge in [0, 0.05) is 13.8 Å². The van der Waals surface area contributed by atoms with Gasteiger partial charge in [0.25, 0.3) is 0 Å². The van der Waals surface area contributed by atoms with Crippen molar-refractivity contribution in [1.82, 2.24) is 0 Å². The maximum absolute atomic E-state index is 10.8. The molecule has 0 aromatic heterocycles. The first-order valence-electron chi connectivity index (χ1n) is 4.04. The molecule has 0 unspecified atom stereocenters. The van der Waals surface area contributed by atoms with E-state index in [4.69, 9.17) is 0 Å². The van der Waals surface area contributed by atoms with Crippen LogP contribution < -0.4 is 0 Å². The van der Waals surface area contributed by atoms with Gasteiger partial charge in [-0.3, -0.25) is 9.59 Å². The van der Waals surface area contributed by atoms with Crippen molar-refractivity contribution in [3.8, 4) is 0 Å². The molecule has 0 fully saturated rings. The minimum atomic E-state index is -1.35. The molecule has 0 aromatic rings. The van der Waals surface area contributed by atoms with Gasteiger partial charge >= 0.3 is 23.9 Å². The van der Waals surface area contributed by atoms with Crippen molar-refractivity contribution in [3.05, 3.63) is 0 Å². The molecule has 0 aliphatic rings. The molecule has 0 spiro atoms. The summed E-state index contributed by atoms with van der Waals surface area (Å²) in [6.45, 7) is 0.841. The highest BCUT2D eigenvalue weighted by Gasteiger charge is 2.17. The number of esters is 4. The molecule has 0 amide bonds. The molecule has 0 N–H and O–H groups in total. The minimum Gasteiger partial charge on any atom is -0.428 e. The Balaban J connectivity index is 3.69. The SMILES string of the molecule is CC(=O)OCOC(=O)C(=O)OCOC(C)=O. The van der Waals surface area contributed by atoms with E-state index >= 15 is 0 Å². The minimum absolute atomic E-state index is 0.666. The van der Waals surface area contributed by atoms with Gasteiger partial charge in [-0.15, -0.1) is 0 Å². The van der Waals surface area contributed by atoms with Crippen LogP contribution in [-0.2, 0) is 38.1 Å². The average molecular weight is 234 g/mol. The third-order valence-corrected chi connectivity index (χ3v) is 1.07. The highest BCUT2D eigenvalue weighted by atomic mass is 16.7. The van der Waals surface area contributed by atoms with Crippen LogP contribution in [0.5, 0.6) is 0 Å². The molecule has 0 saturated carbocycles. The van der Waals surface area contributed by atoms with Gasteiger partial charge in [-0.25, -0.2) is 9.59 Å². The predicted octanol–water partition coefficient (Wildman–Crippen LogP) is -0.886. The first-order chi connectivity index (χ1) is 7.43. The van der Waals surface area contributed by atoms with Crippen LogP contribution in [0.25, 0.3) is 0 Å². The lowest BCUT2D eigenvalue weighted by Gasteiger charge is -2.04. The topological polar surface area (TPSA) is 105 Å². The van der Waals surface area contributed by atoms with Crippen LogP contribution in [0.3, 0.4) is 0 Å². The van der Waals surface area contributed by atoms with Crippen molar-refractivity contribution >= 4 is 23.9 Å². The number of hydrogen-bond donors (Lipinski definition) is 0. The zero-order valence-corrected chi connectivity index (χ0v) is 8.68. The van der Waals surface area contributed by atoms with E-state index < -0.39 is 37.5 Å². The quantitative estimate of drug-likeness (QED) is 0.350. The average Bonchev–Trinajstić information content (AvgIpc) is 2.16. The molecule has 8 nitrogen and oxygen atoms in total. The maximum atomic E-state index is 10.8. The summed E-state index contributed by atoms with van der Waals surface area (Å²) in [5.41, 5.74) is 0. The van der Waals surface area contributed by atoms with Gasteiger partial charge in [0.15, 0.2) is 0 Å². The van der Waals surface area contributed by atoms with Gasteiger partial charge < -0.3 is 18.9 Å². The summed E-state index contributed by atoms with van der Waals surface area (Å²) in [5, 5.41) is 0. The first kappa shape index (κ1) is 13.9. The molecule has 0 aliphatic carbocycles. The fourth-order valence-electron chi connectivity index (χ4n) is 0.450. The van der Waals surface area contributed by atoms with Crippen LogP contribution in [-0.4, -0.2) is 37.5 Å². The number of carbonyl (C=O) groups excluding carboxylic acids is 4. The van der Waals surface area contributed by atoms with E-state index in [9.17, 15) is 19.2 Å². The summed E-state index contributed by atoms with van der Waals surface area (Å²) >= 11 is 0. The van der Waals surface area contributed by atoms with Gasteiger partial charge in [-0.2, -0.15) is 0 Å². The predicted molar refractivity (Wildman–Crippen MR) is 45.5 cm³/mol. The monoisotopic (exact) mass is 234 g/mol. The zero-order valence-electron chi connectivity index (χ0n) is 8.68. The lowest BCUT2D eigenvalue weighted by atomic mass is 10.7. The van der Waals surface area contributed by atoms with Crippen molar-refractivity contribution in [1.29, 1.82) is 0 Å². The Kier molecular flexibility index (Phi) is 6.25. The number of hydrogen-bond acceptors (Lipinski definition) is 8. The molecule has 0 radical (unpaired) electrons. The standard InChI is InChI=1S/C8H10O8/c1-5(9)13-3-15-7(11)8(12)16-4-14-6(2)10/h3-4H2,1-2H3. The first-order valence-corrected chi connectivity index (χ1v) is 4.04. The fraction of sp³-hybridized carbons (Fsp3) is 0.500. The second kappa shape index (κ2) is 7.21. The van der Waals surface area contributed by atoms with Crippen molar-refractivity contribution < 1.29 is 38.1 Å². The third-order valence-electron chi connectivity index (χ3n) is 1.07. The molecular formula is C8H10O8. The summed E-state index contributed by atoms with van der Waals surface area (Å²) in [4.78, 5) is 42.1. The van der Waals surface area contributed by atoms with E-state index in [1.54, 1.807) is 0 Å². The summed E-state index contributed by atoms with van der Waals surface area (Å²) in [6.07, 6.45) is 0. The molecule has 90 valence electrons. The van der Waals surface area contributed by atoms with Crippen LogP contribution >= 0.6 is 0 Å². The van der Waals surface area contributed by atoms with E-state index in [2.05, 4.69) is 18.9 Å². The van der Waals surface area contributed by atoms with Gasteiger partial charge in [0.2, 0.25) is 13.6 Å². The lowest BCUT2D eigenvalue weighted by Crippen LogP contribution is -2.23. The fourth-order valence-corrected chi connectivity index (χ4v) is 0.450. The molecule has 0 atom stereocenters. The molecular weight excluding hydrogens is 224 g/mol. The van der Waals surface area contributed by atoms with Crippen LogP contribution in [0.4, 0.5) is 0 Å². The second-order valence-electron chi connectivity index (χ2n) is 2.37. The summed E-state index contributed by atoms with van der Waals surface area (Å²) in [7, 11) is 0. The Morgan fingerprint density at radius 2 is 1.00 bits per heavy atom. The van der Waals surface area contributed by atoms with E-state index in [1.807, 2.05) is 0 Å². The van der Waals surface area contributed by atoms with E-state index in [1.165, 1.54) is 0 Å². The Morgan fingerprint density at radius 1 is 0.688 bits per heavy atom. The van der Waals surface area contributed by atoms with Crippen molar-refractivity contribution in [2.75, 3.05) is 13.6 Å². The second-order valence-corrected chi connectivity index (χ2v) is 2.37.